The summed E-state index contributed by atoms with van der Waals surface area (Å²) in [5, 5.41) is 0. The summed E-state index contributed by atoms with van der Waals surface area (Å²) in [6.07, 6.45) is 24.4. The van der Waals surface area contributed by atoms with Crippen LogP contribution in [0.1, 0.15) is 144 Å². The van der Waals surface area contributed by atoms with E-state index in [4.69, 9.17) is 8.37 Å². The van der Waals surface area contributed by atoms with Gasteiger partial charge in [-0.05, 0) is 12.8 Å². The van der Waals surface area contributed by atoms with Gasteiger partial charge < -0.3 is 1.43 Å². The molecule has 0 bridgehead atoms. The third-order valence-electron chi connectivity index (χ3n) is 5.45. The van der Waals surface area contributed by atoms with Crippen molar-refractivity contribution in [1.29, 1.82) is 0 Å². The Morgan fingerprint density at radius 2 is 0.700 bits per heavy atom. The van der Waals surface area contributed by atoms with Gasteiger partial charge in [0, 0.05) is 0 Å². The first-order valence-corrected chi connectivity index (χ1v) is 14.0. The minimum absolute atomic E-state index is 0. The first-order chi connectivity index (χ1) is 14.1. The monoisotopic (exact) mass is 458 g/mol. The Bertz CT molecular complexity index is 390. The summed E-state index contributed by atoms with van der Waals surface area (Å²) >= 11 is 0. The second-order valence-corrected chi connectivity index (χ2v) is 9.70. The summed E-state index contributed by atoms with van der Waals surface area (Å²) in [6.45, 7) is 4.98. The summed E-state index contributed by atoms with van der Waals surface area (Å²) in [5.74, 6) is 0. The molecule has 30 heavy (non-hydrogen) atoms. The first-order valence-electron chi connectivity index (χ1n) is 12.7. The van der Waals surface area contributed by atoms with E-state index in [1.165, 1.54) is 89.9 Å². The Morgan fingerprint density at radius 3 is 0.967 bits per heavy atom. The van der Waals surface area contributed by atoms with E-state index >= 15 is 0 Å². The molecule has 0 aliphatic heterocycles. The smallest absolute Gasteiger partial charge is 1.00 e. The molecular formula is C24H51NaO4S. The molecule has 0 heterocycles. The number of unbranched alkanes of at least 4 members (excludes halogenated alkanes) is 18. The maximum absolute atomic E-state index is 11.7. The van der Waals surface area contributed by atoms with Gasteiger partial charge in [0.25, 0.3) is 0 Å². The van der Waals surface area contributed by atoms with Gasteiger partial charge in [0.05, 0.1) is 13.2 Å². The van der Waals surface area contributed by atoms with Gasteiger partial charge in [-0.25, -0.2) is 8.37 Å². The molecule has 6 heteroatoms. The van der Waals surface area contributed by atoms with Crippen molar-refractivity contribution in [1.82, 2.24) is 0 Å². The molecule has 0 aromatic heterocycles. The van der Waals surface area contributed by atoms with Crippen LogP contribution in [0.25, 0.3) is 0 Å². The molecule has 0 spiro atoms. The van der Waals surface area contributed by atoms with Crippen LogP contribution in [0.3, 0.4) is 0 Å². The van der Waals surface area contributed by atoms with E-state index in [0.717, 1.165) is 38.5 Å². The molecule has 178 valence electrons. The fourth-order valence-corrected chi connectivity index (χ4v) is 4.25. The summed E-state index contributed by atoms with van der Waals surface area (Å²) in [7, 11) is -3.80. The zero-order valence-electron chi connectivity index (χ0n) is 21.6. The molecule has 0 aromatic rings. The van der Waals surface area contributed by atoms with E-state index in [-0.39, 0.29) is 44.2 Å². The Kier molecular flexibility index (Phi) is 28.8. The molecule has 0 N–H and O–H groups in total. The Balaban J connectivity index is -0.00000392. The van der Waals surface area contributed by atoms with E-state index in [1.807, 2.05) is 0 Å². The SMILES string of the molecule is CCCCCCCCCCCCOS(=O)(=O)OCCCCCCCCCCCC.[H-].[Na+]. The van der Waals surface area contributed by atoms with Gasteiger partial charge in [0.15, 0.2) is 0 Å². The number of hydrogen-bond donors (Lipinski definition) is 0. The fraction of sp³-hybridized carbons (Fsp3) is 1.00. The normalized spacial score (nSPS) is 11.5. The van der Waals surface area contributed by atoms with Crippen molar-refractivity contribution in [2.45, 2.75) is 142 Å². The van der Waals surface area contributed by atoms with Crippen molar-refractivity contribution in [3.63, 3.8) is 0 Å². The van der Waals surface area contributed by atoms with Crippen molar-refractivity contribution < 1.29 is 47.8 Å². The van der Waals surface area contributed by atoms with Crippen LogP contribution >= 0.6 is 0 Å². The van der Waals surface area contributed by atoms with Crippen molar-refractivity contribution in [2.24, 2.45) is 0 Å². The molecular weight excluding hydrogens is 407 g/mol. The Hall–Kier alpha value is 0.870. The van der Waals surface area contributed by atoms with E-state index in [9.17, 15) is 8.42 Å². The van der Waals surface area contributed by atoms with Crippen LogP contribution in [0.15, 0.2) is 0 Å². The van der Waals surface area contributed by atoms with Gasteiger partial charge in [-0.3, -0.25) is 0 Å². The average molecular weight is 459 g/mol. The third kappa shape index (κ3) is 26.9. The van der Waals surface area contributed by atoms with Crippen molar-refractivity contribution >= 4 is 10.4 Å². The zero-order valence-corrected chi connectivity index (χ0v) is 23.4. The van der Waals surface area contributed by atoms with Crippen molar-refractivity contribution in [3.8, 4) is 0 Å². The predicted molar refractivity (Wildman–Crippen MR) is 126 cm³/mol. The van der Waals surface area contributed by atoms with Crippen LogP contribution < -0.4 is 29.6 Å². The quantitative estimate of drug-likeness (QED) is 0.147. The average Bonchev–Trinajstić information content (AvgIpc) is 2.70. The maximum atomic E-state index is 11.7. The molecule has 0 aromatic carbocycles. The van der Waals surface area contributed by atoms with Gasteiger partial charge in [-0.15, -0.1) is 0 Å². The van der Waals surface area contributed by atoms with Crippen molar-refractivity contribution in [2.75, 3.05) is 13.2 Å². The zero-order chi connectivity index (χ0) is 21.5. The molecule has 0 aliphatic rings. The minimum atomic E-state index is -3.80. The Labute approximate surface area is 212 Å². The molecule has 0 unspecified atom stereocenters. The van der Waals surface area contributed by atoms with Gasteiger partial charge in [0.2, 0.25) is 0 Å². The molecule has 0 rings (SSSR count). The van der Waals surface area contributed by atoms with Gasteiger partial charge in [0.1, 0.15) is 0 Å². The molecule has 0 aliphatic carbocycles. The van der Waals surface area contributed by atoms with Crippen LogP contribution in [-0.2, 0) is 18.8 Å². The van der Waals surface area contributed by atoms with Crippen LogP contribution in [0.2, 0.25) is 0 Å². The van der Waals surface area contributed by atoms with E-state index in [2.05, 4.69) is 13.8 Å². The second-order valence-electron chi connectivity index (χ2n) is 8.42. The van der Waals surface area contributed by atoms with Crippen LogP contribution in [0.5, 0.6) is 0 Å². The number of hydrogen-bond acceptors (Lipinski definition) is 4. The minimum Gasteiger partial charge on any atom is -1.00 e. The van der Waals surface area contributed by atoms with Crippen LogP contribution in [-0.4, -0.2) is 21.6 Å². The maximum Gasteiger partial charge on any atom is 1.00 e. The number of rotatable bonds is 24. The van der Waals surface area contributed by atoms with Crippen LogP contribution in [0.4, 0.5) is 0 Å². The molecule has 0 saturated heterocycles. The molecule has 4 nitrogen and oxygen atoms in total. The fourth-order valence-electron chi connectivity index (χ4n) is 3.53. The van der Waals surface area contributed by atoms with E-state index < -0.39 is 10.4 Å². The molecule has 0 fully saturated rings. The molecule has 0 radical (unpaired) electrons. The van der Waals surface area contributed by atoms with Crippen molar-refractivity contribution in [3.05, 3.63) is 0 Å². The summed E-state index contributed by atoms with van der Waals surface area (Å²) in [5.41, 5.74) is 0. The second kappa shape index (κ2) is 26.1. The summed E-state index contributed by atoms with van der Waals surface area (Å²) in [4.78, 5) is 0. The largest absolute Gasteiger partial charge is 1.00 e. The van der Waals surface area contributed by atoms with Gasteiger partial charge >= 0.3 is 40.0 Å². The first kappa shape index (κ1) is 33.0. The van der Waals surface area contributed by atoms with E-state index in [1.54, 1.807) is 0 Å². The topological polar surface area (TPSA) is 52.6 Å². The Morgan fingerprint density at radius 1 is 0.467 bits per heavy atom. The van der Waals surface area contributed by atoms with Crippen LogP contribution in [0, 0.1) is 0 Å². The van der Waals surface area contributed by atoms with Gasteiger partial charge in [-0.2, -0.15) is 8.42 Å². The third-order valence-corrected chi connectivity index (χ3v) is 6.36. The van der Waals surface area contributed by atoms with E-state index in [0.29, 0.717) is 0 Å². The molecule has 0 saturated carbocycles. The standard InChI is InChI=1S/C24H50O4S.Na.H/c1-3-5-7-9-11-13-15-17-19-21-23-27-29(25,26)28-24-22-20-18-16-14-12-10-8-6-4-2;;/h3-24H2,1-2H3;;/q;+1;-1. The summed E-state index contributed by atoms with van der Waals surface area (Å²) in [6, 6.07) is 0. The predicted octanol–water partition coefficient (Wildman–Crippen LogP) is 5.22. The molecule has 0 atom stereocenters. The van der Waals surface area contributed by atoms with Gasteiger partial charge in [-0.1, -0.05) is 129 Å². The summed E-state index contributed by atoms with van der Waals surface area (Å²) < 4.78 is 33.3. The molecule has 0 amide bonds.